The molecule has 9 heteroatoms. The van der Waals surface area contributed by atoms with Gasteiger partial charge < -0.3 is 19.9 Å². The number of hydrogen-bond acceptors (Lipinski definition) is 7. The average Bonchev–Trinajstić information content (AvgIpc) is 2.95. The second kappa shape index (κ2) is 8.84. The van der Waals surface area contributed by atoms with Crippen LogP contribution in [0.5, 0.6) is 12.0 Å². The Bertz CT molecular complexity index is 673. The van der Waals surface area contributed by atoms with Crippen LogP contribution in [0, 0.1) is 0 Å². The third kappa shape index (κ3) is 3.93. The number of hydrogen-bond donors (Lipinski definition) is 1. The van der Waals surface area contributed by atoms with Gasteiger partial charge in [-0.2, -0.15) is 15.0 Å². The van der Waals surface area contributed by atoms with Crippen LogP contribution in [-0.2, 0) is 4.74 Å². The van der Waals surface area contributed by atoms with Crippen molar-refractivity contribution >= 4 is 46.5 Å². The summed E-state index contributed by atoms with van der Waals surface area (Å²) >= 11 is 0. The minimum absolute atomic E-state index is 0. The van der Waals surface area contributed by atoms with Crippen LogP contribution < -0.4 is 15.2 Å². The van der Waals surface area contributed by atoms with Crippen molar-refractivity contribution in [3.05, 3.63) is 0 Å². The normalized spacial score (nSPS) is 17.5. The standard InChI is InChI=1S/C15H23N5O3.Na/c1-3-4-8-23-14-18-12(16)11-13(19-14)20(15(17-11)21-2)10-7-5-6-9-22-10;/h10H,3-9H2,1-2H3,(H2,16,18,19);. The molecular weight excluding hydrogens is 321 g/mol. The molecule has 0 saturated carbocycles. The second-order valence-electron chi connectivity index (χ2n) is 5.56. The Hall–Kier alpha value is -1.09. The molecule has 1 aliphatic heterocycles. The number of nitrogen functional groups attached to an aromatic ring is 1. The Kier molecular flexibility index (Phi) is 7.09. The summed E-state index contributed by atoms with van der Waals surface area (Å²) in [6.45, 7) is 3.38. The van der Waals surface area contributed by atoms with Crippen LogP contribution in [0.1, 0.15) is 45.3 Å². The van der Waals surface area contributed by atoms with Gasteiger partial charge in [0.05, 0.1) is 13.7 Å². The van der Waals surface area contributed by atoms with E-state index in [1.807, 2.05) is 4.57 Å². The third-order valence-electron chi connectivity index (χ3n) is 3.87. The zero-order valence-corrected chi connectivity index (χ0v) is 16.6. The maximum absolute atomic E-state index is 6.02. The summed E-state index contributed by atoms with van der Waals surface area (Å²) < 4.78 is 18.7. The van der Waals surface area contributed by atoms with Crippen molar-refractivity contribution in [2.75, 3.05) is 26.1 Å². The molecule has 8 nitrogen and oxygen atoms in total. The molecule has 2 aromatic heterocycles. The monoisotopic (exact) mass is 344 g/mol. The first-order chi connectivity index (χ1) is 11.2. The van der Waals surface area contributed by atoms with Crippen molar-refractivity contribution in [2.45, 2.75) is 45.3 Å². The minimum atomic E-state index is -0.151. The van der Waals surface area contributed by atoms with Crippen molar-refractivity contribution in [1.29, 1.82) is 0 Å². The number of anilines is 1. The molecule has 2 aromatic rings. The van der Waals surface area contributed by atoms with Crippen molar-refractivity contribution in [2.24, 2.45) is 0 Å². The summed E-state index contributed by atoms with van der Waals surface area (Å²) in [6.07, 6.45) is 4.87. The summed E-state index contributed by atoms with van der Waals surface area (Å²) in [7, 11) is 1.57. The van der Waals surface area contributed by atoms with Gasteiger partial charge in [-0.05, 0) is 25.7 Å². The van der Waals surface area contributed by atoms with Crippen molar-refractivity contribution < 1.29 is 14.2 Å². The molecule has 24 heavy (non-hydrogen) atoms. The van der Waals surface area contributed by atoms with E-state index < -0.39 is 0 Å². The number of methoxy groups -OCH3 is 1. The maximum Gasteiger partial charge on any atom is 0.320 e. The Morgan fingerprint density at radius 1 is 1.29 bits per heavy atom. The third-order valence-corrected chi connectivity index (χ3v) is 3.87. The van der Waals surface area contributed by atoms with E-state index >= 15 is 0 Å². The Labute approximate surface area is 163 Å². The molecule has 1 atom stereocenters. The van der Waals surface area contributed by atoms with E-state index in [9.17, 15) is 0 Å². The van der Waals surface area contributed by atoms with Crippen LogP contribution in [0.25, 0.3) is 11.2 Å². The molecule has 1 fully saturated rings. The molecule has 0 spiro atoms. The quantitative estimate of drug-likeness (QED) is 0.631. The number of unbranched alkanes of at least 4 members (excludes halogenated alkanes) is 1. The van der Waals surface area contributed by atoms with Crippen molar-refractivity contribution in [1.82, 2.24) is 19.5 Å². The van der Waals surface area contributed by atoms with Crippen LogP contribution in [0.15, 0.2) is 0 Å². The van der Waals surface area contributed by atoms with Crippen LogP contribution in [0.4, 0.5) is 5.82 Å². The average molecular weight is 344 g/mol. The summed E-state index contributed by atoms with van der Waals surface area (Å²) in [4.78, 5) is 13.1. The predicted molar refractivity (Wildman–Crippen MR) is 91.3 cm³/mol. The molecule has 0 aliphatic carbocycles. The summed E-state index contributed by atoms with van der Waals surface area (Å²) in [5.41, 5.74) is 7.13. The number of ether oxygens (including phenoxy) is 3. The fourth-order valence-corrected chi connectivity index (χ4v) is 2.66. The first-order valence-electron chi connectivity index (χ1n) is 8.08. The minimum Gasteiger partial charge on any atom is -0.468 e. The topological polar surface area (TPSA) is 97.3 Å². The van der Waals surface area contributed by atoms with Gasteiger partial charge in [-0.1, -0.05) is 13.3 Å². The fourth-order valence-electron chi connectivity index (χ4n) is 2.66. The molecule has 1 radical (unpaired) electrons. The second-order valence-corrected chi connectivity index (χ2v) is 5.56. The molecule has 0 bridgehead atoms. The van der Waals surface area contributed by atoms with Crippen LogP contribution in [0.2, 0.25) is 0 Å². The van der Waals surface area contributed by atoms with E-state index in [0.29, 0.717) is 30.4 Å². The Morgan fingerprint density at radius 3 is 2.79 bits per heavy atom. The molecular formula is C15H23N5NaO3. The van der Waals surface area contributed by atoms with Gasteiger partial charge in [0, 0.05) is 36.2 Å². The van der Waals surface area contributed by atoms with Crippen LogP contribution in [0.3, 0.4) is 0 Å². The molecule has 0 amide bonds. The first kappa shape index (κ1) is 19.2. The zero-order valence-electron chi connectivity index (χ0n) is 14.6. The van der Waals surface area contributed by atoms with Crippen LogP contribution in [-0.4, -0.2) is 69.4 Å². The smallest absolute Gasteiger partial charge is 0.320 e. The van der Waals surface area contributed by atoms with E-state index in [2.05, 4.69) is 21.9 Å². The summed E-state index contributed by atoms with van der Waals surface area (Å²) in [5.74, 6) is 0.286. The molecule has 1 saturated heterocycles. The molecule has 3 heterocycles. The molecule has 1 unspecified atom stereocenters. The van der Waals surface area contributed by atoms with Gasteiger partial charge >= 0.3 is 12.0 Å². The van der Waals surface area contributed by atoms with Gasteiger partial charge in [0.2, 0.25) is 0 Å². The van der Waals surface area contributed by atoms with E-state index in [1.165, 1.54) is 0 Å². The SMILES string of the molecule is CCCCOc1nc(N)c2nc(OC)n(C3CCCCO3)c2n1.[Na]. The summed E-state index contributed by atoms with van der Waals surface area (Å²) in [6, 6.07) is 0.696. The van der Waals surface area contributed by atoms with E-state index in [-0.39, 0.29) is 47.6 Å². The van der Waals surface area contributed by atoms with Gasteiger partial charge in [0.1, 0.15) is 6.23 Å². The van der Waals surface area contributed by atoms with Gasteiger partial charge in [-0.3, -0.25) is 4.57 Å². The summed E-state index contributed by atoms with van der Waals surface area (Å²) in [5, 5.41) is 0. The molecule has 3 rings (SSSR count). The van der Waals surface area contributed by atoms with Gasteiger partial charge in [-0.15, -0.1) is 0 Å². The zero-order chi connectivity index (χ0) is 16.2. The van der Waals surface area contributed by atoms with Crippen molar-refractivity contribution in [3.63, 3.8) is 0 Å². The van der Waals surface area contributed by atoms with Gasteiger partial charge in [0.15, 0.2) is 17.0 Å². The number of fused-ring (bicyclic) bond motifs is 1. The number of nitrogens with zero attached hydrogens (tertiary/aromatic N) is 4. The van der Waals surface area contributed by atoms with Crippen molar-refractivity contribution in [3.8, 4) is 12.0 Å². The van der Waals surface area contributed by atoms with E-state index in [0.717, 1.165) is 32.1 Å². The maximum atomic E-state index is 6.02. The van der Waals surface area contributed by atoms with E-state index in [1.54, 1.807) is 7.11 Å². The van der Waals surface area contributed by atoms with Gasteiger partial charge in [0.25, 0.3) is 0 Å². The Balaban J connectivity index is 0.00000208. The fraction of sp³-hybridized carbons (Fsp3) is 0.667. The number of aromatic nitrogens is 4. The number of rotatable bonds is 6. The Morgan fingerprint density at radius 2 is 2.12 bits per heavy atom. The molecule has 2 N–H and O–H groups in total. The predicted octanol–water partition coefficient (Wildman–Crippen LogP) is 1.91. The van der Waals surface area contributed by atoms with E-state index in [4.69, 9.17) is 19.9 Å². The largest absolute Gasteiger partial charge is 0.468 e. The van der Waals surface area contributed by atoms with Gasteiger partial charge in [-0.25, -0.2) is 0 Å². The molecule has 127 valence electrons. The van der Waals surface area contributed by atoms with Crippen LogP contribution >= 0.6 is 0 Å². The molecule has 0 aromatic carbocycles. The number of imidazole rings is 1. The number of nitrogens with two attached hydrogens (primary N) is 1. The molecule has 1 aliphatic rings. The first-order valence-corrected chi connectivity index (χ1v) is 8.08.